The van der Waals surface area contributed by atoms with Crippen LogP contribution in [0.4, 0.5) is 0 Å². The second-order valence-corrected chi connectivity index (χ2v) is 5.04. The van der Waals surface area contributed by atoms with Crippen LogP contribution in [0, 0.1) is 0 Å². The molecule has 3 aromatic rings. The van der Waals surface area contributed by atoms with E-state index in [9.17, 15) is 4.79 Å². The van der Waals surface area contributed by atoms with Crippen LogP contribution in [0.1, 0.15) is 24.3 Å². The Morgan fingerprint density at radius 2 is 2.25 bits per heavy atom. The lowest BCUT2D eigenvalue weighted by Gasteiger charge is -2.07. The lowest BCUT2D eigenvalue weighted by atomic mass is 10.1. The van der Waals surface area contributed by atoms with Crippen molar-refractivity contribution in [3.8, 4) is 11.5 Å². The molecule has 1 saturated carbocycles. The number of hydrogen-bond acceptors (Lipinski definition) is 3. The summed E-state index contributed by atoms with van der Waals surface area (Å²) in [5, 5.41) is 2.94. The van der Waals surface area contributed by atoms with E-state index in [0.717, 1.165) is 0 Å². The summed E-state index contributed by atoms with van der Waals surface area (Å²) in [6.07, 6.45) is 7.30. The minimum absolute atomic E-state index is 0.217. The average Bonchev–Trinajstić information content (AvgIpc) is 3.21. The Labute approximate surface area is 114 Å². The summed E-state index contributed by atoms with van der Waals surface area (Å²) < 4.78 is 7.27. The number of aromatic nitrogens is 3. The number of hydrogen-bond donors (Lipinski definition) is 1. The van der Waals surface area contributed by atoms with E-state index in [4.69, 9.17) is 4.74 Å². The van der Waals surface area contributed by atoms with Gasteiger partial charge in [-0.15, -0.1) is 0 Å². The van der Waals surface area contributed by atoms with Crippen molar-refractivity contribution in [2.45, 2.75) is 18.8 Å². The van der Waals surface area contributed by atoms with Crippen LogP contribution < -0.4 is 10.2 Å². The number of aromatic amines is 1. The standard InChI is InChI=1S/C15H13N3O2/c19-14-13(9-17-18-7-6-16-15(14)18)20-12-3-1-2-11(8-12)10-4-5-10/h1-3,6-10,17H,4-5H2. The van der Waals surface area contributed by atoms with Gasteiger partial charge < -0.3 is 4.74 Å². The van der Waals surface area contributed by atoms with Crippen LogP contribution in [0.2, 0.25) is 0 Å². The molecule has 0 saturated heterocycles. The Bertz CT molecular complexity index is 830. The molecule has 20 heavy (non-hydrogen) atoms. The number of nitrogens with one attached hydrogen (secondary N) is 1. The van der Waals surface area contributed by atoms with Crippen molar-refractivity contribution in [2.75, 3.05) is 0 Å². The highest BCUT2D eigenvalue weighted by molar-refractivity contribution is 5.44. The van der Waals surface area contributed by atoms with Crippen molar-refractivity contribution in [3.05, 3.63) is 58.6 Å². The highest BCUT2D eigenvalue weighted by Gasteiger charge is 2.23. The highest BCUT2D eigenvalue weighted by atomic mass is 16.5. The van der Waals surface area contributed by atoms with Crippen molar-refractivity contribution < 1.29 is 4.74 Å². The van der Waals surface area contributed by atoms with Crippen molar-refractivity contribution in [1.82, 2.24) is 14.6 Å². The third kappa shape index (κ3) is 1.87. The molecule has 5 heteroatoms. The highest BCUT2D eigenvalue weighted by Crippen LogP contribution is 2.41. The summed E-state index contributed by atoms with van der Waals surface area (Å²) in [5.74, 6) is 1.61. The first-order valence-electron chi connectivity index (χ1n) is 6.64. The van der Waals surface area contributed by atoms with E-state index >= 15 is 0 Å². The molecule has 0 bridgehead atoms. The second-order valence-electron chi connectivity index (χ2n) is 5.04. The number of benzene rings is 1. The fraction of sp³-hybridized carbons (Fsp3) is 0.200. The monoisotopic (exact) mass is 267 g/mol. The Kier molecular flexibility index (Phi) is 2.39. The maximum absolute atomic E-state index is 12.2. The topological polar surface area (TPSA) is 59.4 Å². The summed E-state index contributed by atoms with van der Waals surface area (Å²) in [7, 11) is 0. The first-order chi connectivity index (χ1) is 9.81. The number of ether oxygens (including phenoxy) is 1. The molecule has 1 aromatic carbocycles. The van der Waals surface area contributed by atoms with Gasteiger partial charge in [0.2, 0.25) is 5.65 Å². The number of H-pyrrole nitrogens is 1. The van der Waals surface area contributed by atoms with E-state index in [-0.39, 0.29) is 11.2 Å². The fourth-order valence-corrected chi connectivity index (χ4v) is 2.33. The molecule has 2 heterocycles. The average molecular weight is 267 g/mol. The van der Waals surface area contributed by atoms with Gasteiger partial charge in [-0.3, -0.25) is 9.89 Å². The maximum Gasteiger partial charge on any atom is 0.266 e. The lowest BCUT2D eigenvalue weighted by molar-refractivity contribution is 0.473. The normalized spacial score (nSPS) is 14.6. The molecule has 0 spiro atoms. The minimum atomic E-state index is -0.217. The molecule has 5 nitrogen and oxygen atoms in total. The third-order valence-corrected chi connectivity index (χ3v) is 3.54. The van der Waals surface area contributed by atoms with Crippen molar-refractivity contribution in [3.63, 3.8) is 0 Å². The molecule has 0 aliphatic heterocycles. The van der Waals surface area contributed by atoms with E-state index in [1.807, 2.05) is 18.2 Å². The third-order valence-electron chi connectivity index (χ3n) is 3.54. The van der Waals surface area contributed by atoms with Crippen LogP contribution in [-0.2, 0) is 0 Å². The molecular formula is C15H13N3O2. The van der Waals surface area contributed by atoms with Crippen LogP contribution in [-0.4, -0.2) is 14.6 Å². The van der Waals surface area contributed by atoms with Crippen LogP contribution in [0.15, 0.2) is 47.7 Å². The molecule has 0 amide bonds. The Balaban J connectivity index is 1.71. The van der Waals surface area contributed by atoms with Gasteiger partial charge in [0, 0.05) is 12.4 Å². The van der Waals surface area contributed by atoms with Gasteiger partial charge in [0.15, 0.2) is 5.75 Å². The van der Waals surface area contributed by atoms with E-state index in [0.29, 0.717) is 17.3 Å². The van der Waals surface area contributed by atoms with Gasteiger partial charge in [-0.1, -0.05) is 12.1 Å². The summed E-state index contributed by atoms with van der Waals surface area (Å²) in [5.41, 5.74) is 1.40. The molecular weight excluding hydrogens is 254 g/mol. The quantitative estimate of drug-likeness (QED) is 0.793. The van der Waals surface area contributed by atoms with Crippen molar-refractivity contribution in [1.29, 1.82) is 0 Å². The van der Waals surface area contributed by atoms with E-state index < -0.39 is 0 Å². The molecule has 4 rings (SSSR count). The molecule has 0 unspecified atom stereocenters. The van der Waals surface area contributed by atoms with Gasteiger partial charge in [-0.2, -0.15) is 0 Å². The van der Waals surface area contributed by atoms with Gasteiger partial charge in [0.1, 0.15) is 5.75 Å². The van der Waals surface area contributed by atoms with Crippen LogP contribution >= 0.6 is 0 Å². The minimum Gasteiger partial charge on any atom is -0.451 e. The Hall–Kier alpha value is -2.56. The number of rotatable bonds is 3. The molecule has 2 aromatic heterocycles. The van der Waals surface area contributed by atoms with Gasteiger partial charge in [0.05, 0.1) is 6.20 Å². The lowest BCUT2D eigenvalue weighted by Crippen LogP contribution is -2.10. The summed E-state index contributed by atoms with van der Waals surface area (Å²) in [6, 6.07) is 7.94. The second kappa shape index (κ2) is 4.23. The van der Waals surface area contributed by atoms with Crippen molar-refractivity contribution in [2.24, 2.45) is 0 Å². The first kappa shape index (κ1) is 11.3. The van der Waals surface area contributed by atoms with Gasteiger partial charge >= 0.3 is 0 Å². The van der Waals surface area contributed by atoms with Crippen LogP contribution in [0.25, 0.3) is 5.65 Å². The van der Waals surface area contributed by atoms with E-state index in [1.54, 1.807) is 23.1 Å². The largest absolute Gasteiger partial charge is 0.451 e. The van der Waals surface area contributed by atoms with Gasteiger partial charge in [-0.05, 0) is 36.5 Å². The SMILES string of the molecule is O=c1c(Oc2cccc(C3CC3)c2)c[nH]n2ccnc12. The summed E-state index contributed by atoms with van der Waals surface area (Å²) in [4.78, 5) is 16.2. The van der Waals surface area contributed by atoms with E-state index in [2.05, 4.69) is 16.1 Å². The molecule has 1 N–H and O–H groups in total. The zero-order chi connectivity index (χ0) is 13.5. The van der Waals surface area contributed by atoms with Crippen molar-refractivity contribution >= 4 is 5.65 Å². The molecule has 0 atom stereocenters. The first-order valence-corrected chi connectivity index (χ1v) is 6.64. The van der Waals surface area contributed by atoms with Crippen LogP contribution in [0.5, 0.6) is 11.5 Å². The predicted molar refractivity (Wildman–Crippen MR) is 74.3 cm³/mol. The zero-order valence-electron chi connectivity index (χ0n) is 10.7. The van der Waals surface area contributed by atoms with Crippen LogP contribution in [0.3, 0.4) is 0 Å². The summed E-state index contributed by atoms with van der Waals surface area (Å²) in [6.45, 7) is 0. The zero-order valence-corrected chi connectivity index (χ0v) is 10.7. The Morgan fingerprint density at radius 3 is 3.10 bits per heavy atom. The van der Waals surface area contributed by atoms with Gasteiger partial charge in [-0.25, -0.2) is 9.50 Å². The molecule has 1 fully saturated rings. The smallest absolute Gasteiger partial charge is 0.266 e. The molecule has 100 valence electrons. The summed E-state index contributed by atoms with van der Waals surface area (Å²) >= 11 is 0. The fourth-order valence-electron chi connectivity index (χ4n) is 2.33. The van der Waals surface area contributed by atoms with Gasteiger partial charge in [0.25, 0.3) is 5.43 Å². The molecule has 0 radical (unpaired) electrons. The number of nitrogens with zero attached hydrogens (tertiary/aromatic N) is 2. The van der Waals surface area contributed by atoms with E-state index in [1.165, 1.54) is 18.4 Å². The number of fused-ring (bicyclic) bond motifs is 1. The predicted octanol–water partition coefficient (Wildman–Crippen LogP) is 2.69. The molecule has 1 aliphatic carbocycles. The molecule has 1 aliphatic rings. The number of imidazole rings is 1. The Morgan fingerprint density at radius 1 is 1.35 bits per heavy atom. The maximum atomic E-state index is 12.2.